The third-order valence-electron chi connectivity index (χ3n) is 4.26. The molecular weight excluding hydrogens is 270 g/mol. The van der Waals surface area contributed by atoms with Gasteiger partial charge in [-0.3, -0.25) is 9.69 Å². The summed E-state index contributed by atoms with van der Waals surface area (Å²) in [6.07, 6.45) is 2.47. The van der Waals surface area contributed by atoms with Crippen LogP contribution in [0.5, 0.6) is 0 Å². The Bertz CT molecular complexity index is 460. The van der Waals surface area contributed by atoms with Gasteiger partial charge in [0.15, 0.2) is 0 Å². The number of benzene rings is 1. The highest BCUT2D eigenvalue weighted by atomic mass is 32.2. The summed E-state index contributed by atoms with van der Waals surface area (Å²) in [4.78, 5) is 15.0. The minimum Gasteiger partial charge on any atom is -0.480 e. The van der Waals surface area contributed by atoms with Gasteiger partial charge in [-0.15, -0.1) is 11.8 Å². The van der Waals surface area contributed by atoms with Crippen LogP contribution in [0.4, 0.5) is 0 Å². The summed E-state index contributed by atoms with van der Waals surface area (Å²) in [7, 11) is 0. The van der Waals surface area contributed by atoms with Crippen LogP contribution in [-0.4, -0.2) is 40.4 Å². The SMILES string of the molecule is CCC1(C(=O)O)CCCN1CCSc1ccc(C)cc1. The highest BCUT2D eigenvalue weighted by Crippen LogP contribution is 2.33. The lowest BCUT2D eigenvalue weighted by molar-refractivity contribution is -0.149. The zero-order chi connectivity index (χ0) is 14.6. The number of carbonyl (C=O) groups is 1. The third kappa shape index (κ3) is 3.18. The highest BCUT2D eigenvalue weighted by molar-refractivity contribution is 7.99. The molecule has 110 valence electrons. The van der Waals surface area contributed by atoms with Crippen LogP contribution in [0.3, 0.4) is 0 Å². The van der Waals surface area contributed by atoms with E-state index in [9.17, 15) is 9.90 Å². The van der Waals surface area contributed by atoms with Gasteiger partial charge in [-0.25, -0.2) is 0 Å². The van der Waals surface area contributed by atoms with Crippen molar-refractivity contribution in [3.05, 3.63) is 29.8 Å². The standard InChI is InChI=1S/C16H23NO2S/c1-3-16(15(18)19)9-4-10-17(16)11-12-20-14-7-5-13(2)6-8-14/h5-8H,3-4,9-12H2,1-2H3,(H,18,19). The van der Waals surface area contributed by atoms with Crippen molar-refractivity contribution in [2.45, 2.75) is 43.5 Å². The molecule has 1 unspecified atom stereocenters. The summed E-state index contributed by atoms with van der Waals surface area (Å²) in [6, 6.07) is 8.50. The second kappa shape index (κ2) is 6.64. The van der Waals surface area contributed by atoms with Gasteiger partial charge in [0.1, 0.15) is 5.54 Å². The summed E-state index contributed by atoms with van der Waals surface area (Å²) in [5, 5.41) is 9.53. The Balaban J connectivity index is 1.90. The minimum atomic E-state index is -0.655. The molecule has 1 heterocycles. The van der Waals surface area contributed by atoms with Crippen molar-refractivity contribution >= 4 is 17.7 Å². The van der Waals surface area contributed by atoms with E-state index in [4.69, 9.17) is 0 Å². The van der Waals surface area contributed by atoms with Crippen molar-refractivity contribution in [2.75, 3.05) is 18.8 Å². The number of nitrogens with zero attached hydrogens (tertiary/aromatic N) is 1. The topological polar surface area (TPSA) is 40.5 Å². The molecule has 0 aliphatic carbocycles. The Morgan fingerprint density at radius 3 is 2.70 bits per heavy atom. The van der Waals surface area contributed by atoms with Gasteiger partial charge in [0.05, 0.1) is 0 Å². The van der Waals surface area contributed by atoms with E-state index < -0.39 is 11.5 Å². The maximum absolute atomic E-state index is 11.6. The van der Waals surface area contributed by atoms with E-state index in [1.165, 1.54) is 10.5 Å². The van der Waals surface area contributed by atoms with Crippen LogP contribution in [0.2, 0.25) is 0 Å². The van der Waals surface area contributed by atoms with Crippen molar-refractivity contribution in [3.63, 3.8) is 0 Å². The monoisotopic (exact) mass is 293 g/mol. The van der Waals surface area contributed by atoms with Crippen molar-refractivity contribution in [1.29, 1.82) is 0 Å². The van der Waals surface area contributed by atoms with Gasteiger partial charge in [-0.1, -0.05) is 24.6 Å². The van der Waals surface area contributed by atoms with E-state index in [1.54, 1.807) is 11.8 Å². The zero-order valence-electron chi connectivity index (χ0n) is 12.3. The van der Waals surface area contributed by atoms with Crippen LogP contribution >= 0.6 is 11.8 Å². The van der Waals surface area contributed by atoms with Crippen molar-refractivity contribution in [1.82, 2.24) is 4.90 Å². The molecule has 1 aromatic carbocycles. The van der Waals surface area contributed by atoms with Crippen LogP contribution in [0.25, 0.3) is 0 Å². The third-order valence-corrected chi connectivity index (χ3v) is 5.25. The molecule has 0 bridgehead atoms. The van der Waals surface area contributed by atoms with Crippen LogP contribution in [0, 0.1) is 6.92 Å². The van der Waals surface area contributed by atoms with Crippen molar-refractivity contribution in [2.24, 2.45) is 0 Å². The van der Waals surface area contributed by atoms with Gasteiger partial charge in [-0.05, 0) is 44.9 Å². The molecule has 1 atom stereocenters. The minimum absolute atomic E-state index is 0.617. The van der Waals surface area contributed by atoms with E-state index in [2.05, 4.69) is 36.1 Å². The van der Waals surface area contributed by atoms with E-state index in [1.807, 2.05) is 6.92 Å². The first-order valence-electron chi connectivity index (χ1n) is 7.26. The van der Waals surface area contributed by atoms with E-state index in [0.29, 0.717) is 6.42 Å². The largest absolute Gasteiger partial charge is 0.480 e. The predicted molar refractivity (Wildman–Crippen MR) is 83.4 cm³/mol. The number of aryl methyl sites for hydroxylation is 1. The number of thioether (sulfide) groups is 1. The molecule has 0 aromatic heterocycles. The van der Waals surface area contributed by atoms with Crippen LogP contribution in [-0.2, 0) is 4.79 Å². The average molecular weight is 293 g/mol. The summed E-state index contributed by atoms with van der Waals surface area (Å²) in [6.45, 7) is 5.83. The summed E-state index contributed by atoms with van der Waals surface area (Å²) in [5.41, 5.74) is 0.651. The lowest BCUT2D eigenvalue weighted by atomic mass is 9.93. The van der Waals surface area contributed by atoms with Gasteiger partial charge >= 0.3 is 5.97 Å². The molecule has 1 aromatic rings. The average Bonchev–Trinajstić information content (AvgIpc) is 2.85. The van der Waals surface area contributed by atoms with Crippen molar-refractivity contribution < 1.29 is 9.90 Å². The number of hydrogen-bond acceptors (Lipinski definition) is 3. The predicted octanol–water partition coefficient (Wildman–Crippen LogP) is 3.42. The molecule has 3 nitrogen and oxygen atoms in total. The summed E-state index contributed by atoms with van der Waals surface area (Å²) >= 11 is 1.80. The zero-order valence-corrected chi connectivity index (χ0v) is 13.1. The fourth-order valence-electron chi connectivity index (χ4n) is 2.96. The first kappa shape index (κ1) is 15.4. The fraction of sp³-hybridized carbons (Fsp3) is 0.562. The number of carboxylic acids is 1. The molecule has 1 aliphatic rings. The van der Waals surface area contributed by atoms with Gasteiger partial charge in [0.25, 0.3) is 0 Å². The number of carboxylic acid groups (broad SMARTS) is 1. The molecule has 20 heavy (non-hydrogen) atoms. The maximum atomic E-state index is 11.6. The van der Waals surface area contributed by atoms with E-state index >= 15 is 0 Å². The molecule has 0 amide bonds. The second-order valence-corrected chi connectivity index (χ2v) is 6.61. The van der Waals surface area contributed by atoms with E-state index in [-0.39, 0.29) is 0 Å². The van der Waals surface area contributed by atoms with Crippen LogP contribution in [0.15, 0.2) is 29.2 Å². The Morgan fingerprint density at radius 2 is 2.10 bits per heavy atom. The Morgan fingerprint density at radius 1 is 1.40 bits per heavy atom. The Kier molecular flexibility index (Phi) is 5.11. The molecule has 0 saturated carbocycles. The Labute approximate surface area is 125 Å². The number of hydrogen-bond donors (Lipinski definition) is 1. The number of aliphatic carboxylic acids is 1. The maximum Gasteiger partial charge on any atom is 0.324 e. The lowest BCUT2D eigenvalue weighted by Gasteiger charge is -2.33. The molecule has 1 saturated heterocycles. The van der Waals surface area contributed by atoms with Gasteiger partial charge in [-0.2, -0.15) is 0 Å². The smallest absolute Gasteiger partial charge is 0.324 e. The normalized spacial score (nSPS) is 23.1. The van der Waals surface area contributed by atoms with Gasteiger partial charge < -0.3 is 5.11 Å². The summed E-state index contributed by atoms with van der Waals surface area (Å²) < 4.78 is 0. The fourth-order valence-corrected chi connectivity index (χ4v) is 3.84. The molecule has 1 N–H and O–H groups in total. The number of rotatable bonds is 6. The van der Waals surface area contributed by atoms with Crippen molar-refractivity contribution in [3.8, 4) is 0 Å². The molecule has 0 spiro atoms. The lowest BCUT2D eigenvalue weighted by Crippen LogP contribution is -2.50. The molecule has 4 heteroatoms. The van der Waals surface area contributed by atoms with Gasteiger partial charge in [0, 0.05) is 17.2 Å². The van der Waals surface area contributed by atoms with Gasteiger partial charge in [0.2, 0.25) is 0 Å². The number of likely N-dealkylation sites (tertiary alicyclic amines) is 1. The second-order valence-electron chi connectivity index (χ2n) is 5.44. The first-order valence-corrected chi connectivity index (χ1v) is 8.25. The molecule has 1 fully saturated rings. The van der Waals surface area contributed by atoms with Crippen LogP contribution < -0.4 is 0 Å². The summed E-state index contributed by atoms with van der Waals surface area (Å²) in [5.74, 6) is 0.288. The highest BCUT2D eigenvalue weighted by Gasteiger charge is 2.45. The molecular formula is C16H23NO2S. The first-order chi connectivity index (χ1) is 9.58. The quantitative estimate of drug-likeness (QED) is 0.816. The van der Waals surface area contributed by atoms with Crippen LogP contribution in [0.1, 0.15) is 31.7 Å². The molecule has 2 rings (SSSR count). The Hall–Kier alpha value is -1.00. The molecule has 1 aliphatic heterocycles. The molecule has 0 radical (unpaired) electrons. The van der Waals surface area contributed by atoms with E-state index in [0.717, 1.165) is 31.7 Å².